The number of hydrogen-bond donors (Lipinski definition) is 0. The quantitative estimate of drug-likeness (QED) is 0.540. The number of hydrogen-bond acceptors (Lipinski definition) is 3. The summed E-state index contributed by atoms with van der Waals surface area (Å²) in [5.74, 6) is -0.236. The normalized spacial score (nSPS) is 35.3. The van der Waals surface area contributed by atoms with Crippen LogP contribution in [0.3, 0.4) is 0 Å². The summed E-state index contributed by atoms with van der Waals surface area (Å²) in [6.45, 7) is 0. The van der Waals surface area contributed by atoms with E-state index in [9.17, 15) is 14.4 Å². The van der Waals surface area contributed by atoms with Crippen LogP contribution in [0.5, 0.6) is 0 Å². The van der Waals surface area contributed by atoms with Gasteiger partial charge in [-0.2, -0.15) is 0 Å². The Labute approximate surface area is 121 Å². The van der Waals surface area contributed by atoms with E-state index < -0.39 is 0 Å². The summed E-state index contributed by atoms with van der Waals surface area (Å²) in [5, 5.41) is 0. The molecule has 5 rings (SSSR count). The maximum Gasteiger partial charge on any atom is 0.197 e. The van der Waals surface area contributed by atoms with Crippen molar-refractivity contribution in [2.75, 3.05) is 0 Å². The number of benzene rings is 1. The van der Waals surface area contributed by atoms with Gasteiger partial charge in [0.15, 0.2) is 17.3 Å². The van der Waals surface area contributed by atoms with Crippen LogP contribution in [0.1, 0.15) is 27.1 Å². The number of allylic oxidation sites excluding steroid dienone is 4. The van der Waals surface area contributed by atoms with Crippen LogP contribution in [0.15, 0.2) is 47.6 Å². The van der Waals surface area contributed by atoms with Crippen LogP contribution in [0.2, 0.25) is 0 Å². The molecule has 1 fully saturated rings. The van der Waals surface area contributed by atoms with E-state index >= 15 is 0 Å². The highest BCUT2D eigenvalue weighted by atomic mass is 16.2. The first-order chi connectivity index (χ1) is 10.2. The molecule has 0 amide bonds. The van der Waals surface area contributed by atoms with E-state index in [2.05, 4.69) is 12.2 Å². The van der Waals surface area contributed by atoms with E-state index in [0.717, 1.165) is 6.42 Å². The Balaban J connectivity index is 1.76. The van der Waals surface area contributed by atoms with Crippen LogP contribution in [-0.2, 0) is 4.79 Å². The molecular weight excluding hydrogens is 264 g/mol. The van der Waals surface area contributed by atoms with Gasteiger partial charge in [-0.05, 0) is 18.3 Å². The van der Waals surface area contributed by atoms with E-state index in [4.69, 9.17) is 0 Å². The summed E-state index contributed by atoms with van der Waals surface area (Å²) in [5.41, 5.74) is 1.54. The topological polar surface area (TPSA) is 51.2 Å². The molecular formula is C18H12O3. The molecule has 0 spiro atoms. The summed E-state index contributed by atoms with van der Waals surface area (Å²) >= 11 is 0. The van der Waals surface area contributed by atoms with Gasteiger partial charge in [-0.25, -0.2) is 0 Å². The third-order valence-electron chi connectivity index (χ3n) is 5.50. The molecule has 2 bridgehead atoms. The lowest BCUT2D eigenvalue weighted by atomic mass is 9.78. The zero-order valence-corrected chi connectivity index (χ0v) is 11.2. The molecule has 0 N–H and O–H groups in total. The summed E-state index contributed by atoms with van der Waals surface area (Å²) in [4.78, 5) is 38.2. The van der Waals surface area contributed by atoms with Crippen LogP contribution >= 0.6 is 0 Å². The molecule has 0 radical (unpaired) electrons. The van der Waals surface area contributed by atoms with Crippen LogP contribution in [-0.4, -0.2) is 17.3 Å². The zero-order valence-electron chi connectivity index (χ0n) is 11.2. The van der Waals surface area contributed by atoms with E-state index in [1.165, 1.54) is 0 Å². The Kier molecular flexibility index (Phi) is 1.88. The molecule has 1 aromatic carbocycles. The number of fused-ring (bicyclic) bond motifs is 7. The van der Waals surface area contributed by atoms with Gasteiger partial charge in [0, 0.05) is 28.5 Å². The molecule has 3 heteroatoms. The average Bonchev–Trinajstić information content (AvgIpc) is 3.17. The molecule has 4 aliphatic rings. The minimum absolute atomic E-state index is 0.0627. The Morgan fingerprint density at radius 3 is 2.14 bits per heavy atom. The van der Waals surface area contributed by atoms with Crippen molar-refractivity contribution in [2.45, 2.75) is 6.42 Å². The zero-order chi connectivity index (χ0) is 14.3. The van der Waals surface area contributed by atoms with Crippen molar-refractivity contribution in [2.24, 2.45) is 23.7 Å². The van der Waals surface area contributed by atoms with Crippen molar-refractivity contribution in [3.8, 4) is 0 Å². The maximum absolute atomic E-state index is 12.8. The molecule has 0 heterocycles. The van der Waals surface area contributed by atoms with Gasteiger partial charge in [0.2, 0.25) is 0 Å². The van der Waals surface area contributed by atoms with Gasteiger partial charge >= 0.3 is 0 Å². The summed E-state index contributed by atoms with van der Waals surface area (Å²) in [6.07, 6.45) is 5.15. The Morgan fingerprint density at radius 2 is 1.43 bits per heavy atom. The Morgan fingerprint density at radius 1 is 0.810 bits per heavy atom. The summed E-state index contributed by atoms with van der Waals surface area (Å²) in [6, 6.07) is 6.85. The molecule has 0 aromatic heterocycles. The fraction of sp³-hybridized carbons (Fsp3) is 0.278. The molecule has 0 saturated heterocycles. The first-order valence-corrected chi connectivity index (χ1v) is 7.33. The largest absolute Gasteiger partial charge is 0.294 e. The monoisotopic (exact) mass is 276 g/mol. The lowest BCUT2D eigenvalue weighted by Gasteiger charge is -2.23. The predicted molar refractivity (Wildman–Crippen MR) is 74.9 cm³/mol. The van der Waals surface area contributed by atoms with Crippen LogP contribution in [0, 0.1) is 23.7 Å². The first kappa shape index (κ1) is 11.4. The smallest absolute Gasteiger partial charge is 0.197 e. The third-order valence-corrected chi connectivity index (χ3v) is 5.50. The van der Waals surface area contributed by atoms with Crippen LogP contribution < -0.4 is 0 Å². The average molecular weight is 276 g/mol. The molecule has 4 atom stereocenters. The van der Waals surface area contributed by atoms with Crippen molar-refractivity contribution in [3.05, 3.63) is 58.7 Å². The second-order valence-electron chi connectivity index (χ2n) is 6.36. The van der Waals surface area contributed by atoms with E-state index in [1.54, 1.807) is 24.3 Å². The predicted octanol–water partition coefficient (Wildman–Crippen LogP) is 2.38. The summed E-state index contributed by atoms with van der Waals surface area (Å²) in [7, 11) is 0. The highest BCUT2D eigenvalue weighted by molar-refractivity contribution is 6.39. The minimum Gasteiger partial charge on any atom is -0.294 e. The fourth-order valence-electron chi connectivity index (χ4n) is 4.70. The van der Waals surface area contributed by atoms with Crippen molar-refractivity contribution >= 4 is 17.3 Å². The van der Waals surface area contributed by atoms with Gasteiger partial charge in [0.25, 0.3) is 0 Å². The molecule has 3 nitrogen and oxygen atoms in total. The van der Waals surface area contributed by atoms with Gasteiger partial charge in [-0.1, -0.05) is 36.4 Å². The molecule has 21 heavy (non-hydrogen) atoms. The molecule has 0 unspecified atom stereocenters. The maximum atomic E-state index is 12.8. The second kappa shape index (κ2) is 3.48. The first-order valence-electron chi connectivity index (χ1n) is 7.33. The van der Waals surface area contributed by atoms with E-state index in [0.29, 0.717) is 16.7 Å². The van der Waals surface area contributed by atoms with E-state index in [-0.39, 0.29) is 46.6 Å². The van der Waals surface area contributed by atoms with Gasteiger partial charge in [-0.3, -0.25) is 14.4 Å². The van der Waals surface area contributed by atoms with Crippen molar-refractivity contribution < 1.29 is 14.4 Å². The third kappa shape index (κ3) is 1.15. The number of carbonyl (C=O) groups excluding carboxylic acids is 3. The summed E-state index contributed by atoms with van der Waals surface area (Å²) < 4.78 is 0. The SMILES string of the molecule is O=C1C2=C(C(=O)c3ccccc31)[C@H]1[C@@H](C2=O)[C@H]2C=C[C@@H]1C2. The minimum atomic E-state index is -0.251. The van der Waals surface area contributed by atoms with Crippen molar-refractivity contribution in [3.63, 3.8) is 0 Å². The van der Waals surface area contributed by atoms with E-state index in [1.807, 2.05) is 0 Å². The van der Waals surface area contributed by atoms with Gasteiger partial charge in [-0.15, -0.1) is 0 Å². The van der Waals surface area contributed by atoms with Crippen LogP contribution in [0.25, 0.3) is 0 Å². The Hall–Kier alpha value is -2.29. The standard InChI is InChI=1S/C18H12O3/c19-16-10-3-1-2-4-11(10)17(20)15-14(16)12-8-5-6-9(7-8)13(12)18(15)21/h1-6,8-9,12-13H,7H2/t8-,9+,12-,13+/m1/s1. The van der Waals surface area contributed by atoms with Gasteiger partial charge in [0.05, 0.1) is 5.57 Å². The number of carbonyl (C=O) groups is 3. The van der Waals surface area contributed by atoms with Crippen LogP contribution in [0.4, 0.5) is 0 Å². The number of Topliss-reactive ketones (excluding diaryl/α,β-unsaturated/α-hetero) is 3. The van der Waals surface area contributed by atoms with Crippen molar-refractivity contribution in [1.29, 1.82) is 0 Å². The molecule has 102 valence electrons. The van der Waals surface area contributed by atoms with Gasteiger partial charge in [0.1, 0.15) is 0 Å². The molecule has 1 saturated carbocycles. The lowest BCUT2D eigenvalue weighted by molar-refractivity contribution is -0.119. The van der Waals surface area contributed by atoms with Crippen molar-refractivity contribution in [1.82, 2.24) is 0 Å². The molecule has 1 aromatic rings. The lowest BCUT2D eigenvalue weighted by Crippen LogP contribution is -2.24. The highest BCUT2D eigenvalue weighted by Gasteiger charge is 2.59. The van der Waals surface area contributed by atoms with Gasteiger partial charge < -0.3 is 0 Å². The number of ketones is 3. The second-order valence-corrected chi connectivity index (χ2v) is 6.36. The number of rotatable bonds is 0. The fourth-order valence-corrected chi connectivity index (χ4v) is 4.70. The highest BCUT2D eigenvalue weighted by Crippen LogP contribution is 2.57. The Bertz CT molecular complexity index is 812. The molecule has 4 aliphatic carbocycles. The molecule has 0 aliphatic heterocycles.